The molecule has 0 fully saturated rings. The van der Waals surface area contributed by atoms with E-state index in [0.717, 1.165) is 56.0 Å². The van der Waals surface area contributed by atoms with Gasteiger partial charge >= 0.3 is 0 Å². The first-order chi connectivity index (χ1) is 45.9. The van der Waals surface area contributed by atoms with Crippen LogP contribution in [0.5, 0.6) is 57.5 Å². The third-order valence-corrected chi connectivity index (χ3v) is 17.8. The molecule has 0 N–H and O–H groups in total. The van der Waals surface area contributed by atoms with Gasteiger partial charge in [-0.25, -0.2) is 8.42 Å². The van der Waals surface area contributed by atoms with Crippen LogP contribution in [0.25, 0.3) is 33.4 Å². The summed E-state index contributed by atoms with van der Waals surface area (Å²) < 4.78 is 63.3. The van der Waals surface area contributed by atoms with Crippen molar-refractivity contribution < 1.29 is 55.7 Å². The molecular weight excluding hydrogens is 1210 g/mol. The molecule has 0 heterocycles. The lowest BCUT2D eigenvalue weighted by Gasteiger charge is -2.25. The predicted octanol–water partition coefficient (Wildman–Crippen LogP) is 18.9. The fourth-order valence-corrected chi connectivity index (χ4v) is 12.1. The molecule has 12 aromatic rings. The normalized spacial score (nSPS) is 11.3. The minimum atomic E-state index is -3.75. The van der Waals surface area contributed by atoms with Gasteiger partial charge in [0.05, 0.1) is 45.2 Å². The number of sulfone groups is 1. The van der Waals surface area contributed by atoms with Gasteiger partial charge in [-0.15, -0.1) is 0 Å². The Morgan fingerprint density at radius 3 is 0.779 bits per heavy atom. The van der Waals surface area contributed by atoms with E-state index in [1.807, 2.05) is 159 Å². The second-order valence-corrected chi connectivity index (χ2v) is 25.8. The number of nitrogens with zero attached hydrogens (tertiary/aromatic N) is 1. The maximum atomic E-state index is 14.5. The Morgan fingerprint density at radius 1 is 0.295 bits per heavy atom. The van der Waals surface area contributed by atoms with Crippen LogP contribution < -0.4 is 28.4 Å². The predicted molar refractivity (Wildman–Crippen MR) is 370 cm³/mol. The van der Waals surface area contributed by atoms with Crippen molar-refractivity contribution in [3.05, 3.63) is 324 Å². The quantitative estimate of drug-likeness (QED) is 0.0446. The number of benzene rings is 12. The molecule has 0 bridgehead atoms. The van der Waals surface area contributed by atoms with Gasteiger partial charge in [0.25, 0.3) is 0 Å². The van der Waals surface area contributed by atoms with E-state index in [0.29, 0.717) is 73.7 Å². The highest BCUT2D eigenvalue weighted by Gasteiger charge is 2.23. The van der Waals surface area contributed by atoms with Gasteiger partial charge in [-0.3, -0.25) is 14.4 Å². The van der Waals surface area contributed by atoms with Crippen molar-refractivity contribution in [3.63, 3.8) is 0 Å². The Bertz CT molecular complexity index is 4670. The van der Waals surface area contributed by atoms with Crippen LogP contribution in [0.15, 0.2) is 289 Å². The van der Waals surface area contributed by atoms with Gasteiger partial charge < -0.3 is 32.9 Å². The summed E-state index contributed by atoms with van der Waals surface area (Å²) >= 11 is 0. The summed E-state index contributed by atoms with van der Waals surface area (Å²) in [6.07, 6.45) is 0. The molecule has 0 aliphatic carbocycles. The molecule has 0 aliphatic rings. The average molecular weight is 1270 g/mol. The Labute approximate surface area is 552 Å². The van der Waals surface area contributed by atoms with Crippen molar-refractivity contribution in [3.8, 4) is 90.9 Å². The number of aryl methyl sites for hydroxylation is 1. The molecule has 0 aliphatic heterocycles. The fourth-order valence-electron chi connectivity index (χ4n) is 10.8. The van der Waals surface area contributed by atoms with E-state index in [2.05, 4.69) is 21.1 Å². The van der Waals surface area contributed by atoms with E-state index in [4.69, 9.17) is 28.4 Å². The minimum Gasteiger partial charge on any atom is -0.497 e. The second-order valence-electron chi connectivity index (χ2n) is 23.8. The van der Waals surface area contributed by atoms with Crippen LogP contribution in [-0.2, 0) is 16.4 Å². The van der Waals surface area contributed by atoms with E-state index < -0.39 is 27.2 Å². The topological polar surface area (TPSA) is 141 Å². The Balaban J connectivity index is 0.716. The zero-order valence-corrected chi connectivity index (χ0v) is 53.9. The van der Waals surface area contributed by atoms with Crippen molar-refractivity contribution in [2.75, 3.05) is 35.4 Å². The van der Waals surface area contributed by atoms with Crippen LogP contribution in [0.1, 0.15) is 58.9 Å². The monoisotopic (exact) mass is 1270 g/mol. The summed E-state index contributed by atoms with van der Waals surface area (Å²) in [6.45, 7) is 2.70. The second kappa shape index (κ2) is 27.7. The van der Waals surface area contributed by atoms with Gasteiger partial charge in [0.2, 0.25) is 9.84 Å². The van der Waals surface area contributed by atoms with Crippen LogP contribution in [-0.4, -0.2) is 65.6 Å². The summed E-state index contributed by atoms with van der Waals surface area (Å²) in [5, 5.41) is 0. The number of hydrogen-bond acceptors (Lipinski definition) is 11. The highest BCUT2D eigenvalue weighted by molar-refractivity contribution is 7.91. The molecule has 0 atom stereocenters. The number of hydrogen-bond donors (Lipinski definition) is 0. The third-order valence-electron chi connectivity index (χ3n) is 16.0. The van der Waals surface area contributed by atoms with Gasteiger partial charge in [0.1, 0.15) is 64.0 Å². The molecule has 0 saturated carbocycles. The number of quaternary nitrogens is 1. The Hall–Kier alpha value is -11.6. The minimum absolute atomic E-state index is 0.143. The summed E-state index contributed by atoms with van der Waals surface area (Å²) in [4.78, 5) is 43.9. The first-order valence-corrected chi connectivity index (χ1v) is 32.1. The van der Waals surface area contributed by atoms with E-state index in [1.54, 1.807) is 123 Å². The first-order valence-electron chi connectivity index (χ1n) is 30.7. The third kappa shape index (κ3) is 15.3. The summed E-state index contributed by atoms with van der Waals surface area (Å²) in [6, 6.07) is 82.5. The Kier molecular flexibility index (Phi) is 18.5. The standard InChI is InChI=1S/C82H66NO11S/c1-54-7-46-79(52-67(54)53-83(2,3)4)95(87,88)78-47-44-77(45-48-78)94-73-36-18-60(19-37-73)59-16-34-72(35-17-59)93-76-42-24-63(25-43-76)82(86)66-50-64(80(84)61-20-38-74(39-21-61)91-70-30-12-57(13-31-70)55-8-26-68(89-5)27-9-55)49-65(51-66)81(85)62-22-40-75(41-23-62)92-71-32-14-58(15-33-71)56-10-28-69(90-6)29-11-56/h7-52H,53H2,1-6H3/q+1. The van der Waals surface area contributed by atoms with Gasteiger partial charge in [0.15, 0.2) is 17.3 Å². The van der Waals surface area contributed by atoms with Crippen molar-refractivity contribution in [1.82, 2.24) is 0 Å². The molecule has 95 heavy (non-hydrogen) atoms. The first kappa shape index (κ1) is 63.5. The van der Waals surface area contributed by atoms with Gasteiger partial charge in [0, 0.05) is 38.9 Å². The highest BCUT2D eigenvalue weighted by Crippen LogP contribution is 2.35. The summed E-state index contributed by atoms with van der Waals surface area (Å²) in [7, 11) is 5.74. The molecule has 0 spiro atoms. The number of rotatable bonds is 23. The van der Waals surface area contributed by atoms with Crippen LogP contribution in [0.2, 0.25) is 0 Å². The lowest BCUT2D eigenvalue weighted by molar-refractivity contribution is -0.884. The summed E-state index contributed by atoms with van der Waals surface area (Å²) in [5.74, 6) is 4.73. The van der Waals surface area contributed by atoms with E-state index in [-0.39, 0.29) is 26.5 Å². The lowest BCUT2D eigenvalue weighted by Crippen LogP contribution is -2.33. The molecule has 12 rings (SSSR count). The van der Waals surface area contributed by atoms with Crippen molar-refractivity contribution in [1.29, 1.82) is 0 Å². The lowest BCUT2D eigenvalue weighted by atomic mass is 9.92. The average Bonchev–Trinajstić information content (AvgIpc) is 1.27. The molecule has 0 saturated heterocycles. The molecule has 0 amide bonds. The van der Waals surface area contributed by atoms with E-state index >= 15 is 0 Å². The van der Waals surface area contributed by atoms with Crippen LogP contribution in [0.3, 0.4) is 0 Å². The SMILES string of the molecule is COc1ccc(-c2ccc(Oc3ccc(C(=O)c4cc(C(=O)c5ccc(Oc6ccc(-c7ccc(OC)cc7)cc6)cc5)cc(C(=O)c5ccc(Oc6ccc(-c7ccc(Oc8ccc(S(=O)(=O)c9ccc(C)c(C[N+](C)(C)C)c9)cc8)cc7)cc6)cc5)c4)cc3)cc2)cc1. The Morgan fingerprint density at radius 2 is 0.526 bits per heavy atom. The maximum absolute atomic E-state index is 14.5. The molecule has 470 valence electrons. The maximum Gasteiger partial charge on any atom is 0.206 e. The molecule has 0 radical (unpaired) electrons. The van der Waals surface area contributed by atoms with Crippen LogP contribution in [0.4, 0.5) is 0 Å². The molecule has 12 aromatic carbocycles. The molecule has 13 heteroatoms. The largest absolute Gasteiger partial charge is 0.497 e. The molecule has 12 nitrogen and oxygen atoms in total. The number of methoxy groups -OCH3 is 2. The van der Waals surface area contributed by atoms with Crippen molar-refractivity contribution in [2.24, 2.45) is 0 Å². The van der Waals surface area contributed by atoms with Gasteiger partial charge in [-0.1, -0.05) is 78.9 Å². The fraction of sp³-hybridized carbons (Fsp3) is 0.0854. The van der Waals surface area contributed by atoms with Crippen molar-refractivity contribution >= 4 is 27.2 Å². The smallest absolute Gasteiger partial charge is 0.206 e. The zero-order valence-electron chi connectivity index (χ0n) is 53.1. The summed E-state index contributed by atoms with van der Waals surface area (Å²) in [5.41, 5.74) is 9.40. The number of carbonyl (C=O) groups is 3. The van der Waals surface area contributed by atoms with Crippen LogP contribution >= 0.6 is 0 Å². The molecule has 0 aromatic heterocycles. The van der Waals surface area contributed by atoms with Crippen molar-refractivity contribution in [2.45, 2.75) is 23.3 Å². The van der Waals surface area contributed by atoms with Gasteiger partial charge in [-0.2, -0.15) is 0 Å². The number of carbonyl (C=O) groups excluding carboxylic acids is 3. The van der Waals surface area contributed by atoms with Crippen LogP contribution in [0, 0.1) is 6.92 Å². The van der Waals surface area contributed by atoms with E-state index in [1.165, 1.54) is 18.2 Å². The molecule has 0 unspecified atom stereocenters. The highest BCUT2D eigenvalue weighted by atomic mass is 32.2. The number of ketones is 3. The molecular formula is C82H66NO11S+. The van der Waals surface area contributed by atoms with E-state index in [9.17, 15) is 22.8 Å². The number of ether oxygens (including phenoxy) is 6. The van der Waals surface area contributed by atoms with Gasteiger partial charge in [-0.05, 0) is 246 Å². The zero-order chi connectivity index (χ0) is 66.2.